The van der Waals surface area contributed by atoms with Gasteiger partial charge < -0.3 is 10.6 Å². The highest BCUT2D eigenvalue weighted by Crippen LogP contribution is 2.32. The van der Waals surface area contributed by atoms with Crippen molar-refractivity contribution in [1.82, 2.24) is 10.3 Å². The number of primary amides is 1. The average Bonchev–Trinajstić information content (AvgIpc) is 3.13. The van der Waals surface area contributed by atoms with Gasteiger partial charge in [0.2, 0.25) is 0 Å². The summed E-state index contributed by atoms with van der Waals surface area (Å²) in [5.41, 5.74) is 7.14. The van der Waals surface area contributed by atoms with Gasteiger partial charge in [-0.3, -0.25) is 10.1 Å². The lowest BCUT2D eigenvalue weighted by molar-refractivity contribution is -0.927. The molecule has 1 fully saturated rings. The fourth-order valence-corrected chi connectivity index (χ4v) is 5.14. The van der Waals surface area contributed by atoms with E-state index in [1.165, 1.54) is 9.71 Å². The summed E-state index contributed by atoms with van der Waals surface area (Å²) in [6, 6.07) is 16.6. The number of benzene rings is 2. The van der Waals surface area contributed by atoms with Gasteiger partial charge in [-0.15, -0.1) is 11.3 Å². The minimum Gasteiger partial charge on any atom is -0.351 e. The molecule has 1 saturated heterocycles. The third kappa shape index (κ3) is 3.90. The summed E-state index contributed by atoms with van der Waals surface area (Å²) in [6.07, 6.45) is 1.92. The zero-order valence-corrected chi connectivity index (χ0v) is 16.2. The Morgan fingerprint density at radius 2 is 1.75 bits per heavy atom. The third-order valence-corrected chi connectivity index (χ3v) is 6.54. The fraction of sp³-hybridized carbons (Fsp3) is 0.286. The number of rotatable bonds is 4. The molecule has 4 N–H and O–H groups in total. The van der Waals surface area contributed by atoms with E-state index in [-0.39, 0.29) is 5.91 Å². The van der Waals surface area contributed by atoms with Crippen LogP contribution in [0.3, 0.4) is 0 Å². The summed E-state index contributed by atoms with van der Waals surface area (Å²) in [5.74, 6) is 0.0731. The number of piperidine rings is 1. The molecule has 0 saturated carbocycles. The number of carbonyl (C=O) groups excluding carboxylic acids is 2. The molecule has 0 spiro atoms. The largest absolute Gasteiger partial charge is 0.351 e. The number of nitrogens with zero attached hydrogens (tertiary/aromatic N) is 1. The minimum atomic E-state index is -0.810. The molecule has 4 rings (SSSR count). The van der Waals surface area contributed by atoms with Crippen molar-refractivity contribution in [3.63, 3.8) is 0 Å². The lowest BCUT2D eigenvalue weighted by Crippen LogP contribution is -3.14. The fourth-order valence-electron chi connectivity index (χ4n) is 4.00. The van der Waals surface area contributed by atoms with Crippen LogP contribution in [0.15, 0.2) is 54.6 Å². The zero-order chi connectivity index (χ0) is 19.5. The Balaban J connectivity index is 1.50. The van der Waals surface area contributed by atoms with E-state index in [0.717, 1.165) is 41.9 Å². The second-order valence-electron chi connectivity index (χ2n) is 7.15. The highest BCUT2D eigenvalue weighted by molar-refractivity contribution is 7.18. The van der Waals surface area contributed by atoms with Crippen molar-refractivity contribution in [2.75, 3.05) is 13.1 Å². The van der Waals surface area contributed by atoms with Crippen molar-refractivity contribution < 1.29 is 14.5 Å². The molecule has 3 aromatic rings. The molecule has 7 heteroatoms. The predicted octanol–water partition coefficient (Wildman–Crippen LogP) is 1.99. The molecule has 1 aromatic heterocycles. The number of hydrogen-bond donors (Lipinski definition) is 3. The number of hydrogen-bond acceptors (Lipinski definition) is 4. The number of likely N-dealkylation sites (tertiary alicyclic amines) is 1. The molecule has 28 heavy (non-hydrogen) atoms. The molecule has 0 bridgehead atoms. The van der Waals surface area contributed by atoms with Gasteiger partial charge in [0.25, 0.3) is 5.91 Å². The van der Waals surface area contributed by atoms with E-state index >= 15 is 0 Å². The SMILES string of the molecule is NC(=O)NC(=O)[C@@H](c1ccccc1)[NH+]1CCC(c2nc3ccccc3s2)CC1. The van der Waals surface area contributed by atoms with E-state index in [4.69, 9.17) is 10.7 Å². The summed E-state index contributed by atoms with van der Waals surface area (Å²) < 4.78 is 1.22. The van der Waals surface area contributed by atoms with Gasteiger partial charge in [0.05, 0.1) is 28.3 Å². The summed E-state index contributed by atoms with van der Waals surface area (Å²) in [4.78, 5) is 29.9. The van der Waals surface area contributed by atoms with Crippen LogP contribution >= 0.6 is 11.3 Å². The van der Waals surface area contributed by atoms with Crippen molar-refractivity contribution in [2.24, 2.45) is 5.73 Å². The first-order valence-corrected chi connectivity index (χ1v) is 10.3. The van der Waals surface area contributed by atoms with Gasteiger partial charge >= 0.3 is 6.03 Å². The lowest BCUT2D eigenvalue weighted by atomic mass is 9.94. The molecule has 1 atom stereocenters. The maximum Gasteiger partial charge on any atom is 0.319 e. The predicted molar refractivity (Wildman–Crippen MR) is 109 cm³/mol. The number of nitrogens with two attached hydrogens (primary N) is 1. The van der Waals surface area contributed by atoms with Crippen LogP contribution in [0.1, 0.15) is 35.4 Å². The van der Waals surface area contributed by atoms with Gasteiger partial charge in [0, 0.05) is 24.3 Å². The highest BCUT2D eigenvalue weighted by Gasteiger charge is 2.36. The summed E-state index contributed by atoms with van der Waals surface area (Å²) in [7, 11) is 0. The van der Waals surface area contributed by atoms with Gasteiger partial charge in [-0.2, -0.15) is 0 Å². The number of urea groups is 1. The molecule has 6 nitrogen and oxygen atoms in total. The first-order valence-electron chi connectivity index (χ1n) is 9.47. The molecule has 0 unspecified atom stereocenters. The van der Waals surface area contributed by atoms with Crippen LogP contribution in [0, 0.1) is 0 Å². The van der Waals surface area contributed by atoms with Crippen molar-refractivity contribution in [3.8, 4) is 0 Å². The zero-order valence-electron chi connectivity index (χ0n) is 15.4. The number of quaternary nitrogens is 1. The van der Waals surface area contributed by atoms with Crippen LogP contribution in [-0.4, -0.2) is 30.0 Å². The molecular weight excluding hydrogens is 372 g/mol. The molecule has 1 aliphatic heterocycles. The number of imide groups is 1. The third-order valence-electron chi connectivity index (χ3n) is 5.34. The Kier molecular flexibility index (Phi) is 5.36. The van der Waals surface area contributed by atoms with Crippen molar-refractivity contribution in [3.05, 3.63) is 65.2 Å². The van der Waals surface area contributed by atoms with Gasteiger partial charge in [0.1, 0.15) is 0 Å². The minimum absolute atomic E-state index is 0.341. The monoisotopic (exact) mass is 395 g/mol. The molecule has 3 amide bonds. The maximum atomic E-state index is 12.7. The van der Waals surface area contributed by atoms with E-state index in [1.807, 2.05) is 42.5 Å². The van der Waals surface area contributed by atoms with Gasteiger partial charge in [0.15, 0.2) is 6.04 Å². The van der Waals surface area contributed by atoms with Crippen molar-refractivity contribution >= 4 is 33.5 Å². The van der Waals surface area contributed by atoms with Crippen LogP contribution in [-0.2, 0) is 4.79 Å². The van der Waals surface area contributed by atoms with E-state index in [2.05, 4.69) is 17.4 Å². The van der Waals surface area contributed by atoms with Crippen LogP contribution in [0.2, 0.25) is 0 Å². The Labute approximate surface area is 167 Å². The van der Waals surface area contributed by atoms with Gasteiger partial charge in [-0.25, -0.2) is 9.78 Å². The number of nitrogens with one attached hydrogen (secondary N) is 2. The topological polar surface area (TPSA) is 89.5 Å². The van der Waals surface area contributed by atoms with Crippen molar-refractivity contribution in [1.29, 1.82) is 0 Å². The second-order valence-corrected chi connectivity index (χ2v) is 8.21. The average molecular weight is 396 g/mol. The first-order chi connectivity index (χ1) is 13.6. The molecule has 144 valence electrons. The molecule has 0 radical (unpaired) electrons. The van der Waals surface area contributed by atoms with E-state index in [0.29, 0.717) is 5.92 Å². The summed E-state index contributed by atoms with van der Waals surface area (Å²) in [6.45, 7) is 1.68. The number of thiazole rings is 1. The van der Waals surface area contributed by atoms with Gasteiger partial charge in [-0.05, 0) is 12.1 Å². The Morgan fingerprint density at radius 1 is 1.07 bits per heavy atom. The first kappa shape index (κ1) is 18.6. The standard InChI is InChI=1S/C21H22N4O2S/c22-21(27)24-19(26)18(14-6-2-1-3-7-14)25-12-10-15(11-13-25)20-23-16-8-4-5-9-17(16)28-20/h1-9,15,18H,10-13H2,(H3,22,24,26,27)/p+1/t18-/m1/s1. The lowest BCUT2D eigenvalue weighted by Gasteiger charge is -2.33. The molecule has 0 aliphatic carbocycles. The van der Waals surface area contributed by atoms with Crippen molar-refractivity contribution in [2.45, 2.75) is 24.8 Å². The molecule has 2 heterocycles. The number of amides is 3. The van der Waals surface area contributed by atoms with Gasteiger partial charge in [-0.1, -0.05) is 42.5 Å². The van der Waals surface area contributed by atoms with E-state index in [1.54, 1.807) is 11.3 Å². The van der Waals surface area contributed by atoms with Crippen LogP contribution in [0.5, 0.6) is 0 Å². The maximum absolute atomic E-state index is 12.7. The summed E-state index contributed by atoms with van der Waals surface area (Å²) in [5, 5.41) is 3.45. The molecule has 2 aromatic carbocycles. The van der Waals surface area contributed by atoms with Crippen LogP contribution in [0.25, 0.3) is 10.2 Å². The van der Waals surface area contributed by atoms with E-state index < -0.39 is 12.1 Å². The second kappa shape index (κ2) is 8.08. The highest BCUT2D eigenvalue weighted by atomic mass is 32.1. The summed E-state index contributed by atoms with van der Waals surface area (Å²) >= 11 is 1.76. The Bertz CT molecular complexity index is 947. The molecule has 1 aliphatic rings. The number of fused-ring (bicyclic) bond motifs is 1. The number of para-hydroxylation sites is 1. The normalized spacial score (nSPS) is 20.6. The number of aromatic nitrogens is 1. The van der Waals surface area contributed by atoms with Crippen LogP contribution in [0.4, 0.5) is 4.79 Å². The quantitative estimate of drug-likeness (QED) is 0.631. The smallest absolute Gasteiger partial charge is 0.319 e. The molecular formula is C21H23N4O2S+. The Morgan fingerprint density at radius 3 is 2.43 bits per heavy atom. The number of carbonyl (C=O) groups is 2. The Hall–Kier alpha value is -2.77. The van der Waals surface area contributed by atoms with E-state index in [9.17, 15) is 9.59 Å². The van der Waals surface area contributed by atoms with Crippen LogP contribution < -0.4 is 16.0 Å².